The summed E-state index contributed by atoms with van der Waals surface area (Å²) in [6.07, 6.45) is 0.796. The molecule has 0 aromatic heterocycles. The van der Waals surface area contributed by atoms with Crippen molar-refractivity contribution in [2.45, 2.75) is 65.3 Å². The molecule has 1 fully saturated rings. The number of ether oxygens (including phenoxy) is 3. The van der Waals surface area contributed by atoms with Gasteiger partial charge in [0.15, 0.2) is 11.5 Å². The number of aliphatic hydroxyl groups is 1. The molecule has 8 heteroatoms. The first kappa shape index (κ1) is 22.8. The first-order valence-corrected chi connectivity index (χ1v) is 9.94. The van der Waals surface area contributed by atoms with E-state index < -0.39 is 23.8 Å². The van der Waals surface area contributed by atoms with Crippen LogP contribution >= 0.6 is 0 Å². The number of likely N-dealkylation sites (tertiary alicyclic amines) is 1. The molecular formula is C21H31NO7. The third kappa shape index (κ3) is 5.12. The zero-order valence-electron chi connectivity index (χ0n) is 17.8. The maximum atomic E-state index is 12.2. The van der Waals surface area contributed by atoms with E-state index in [0.29, 0.717) is 31.7 Å². The first-order valence-electron chi connectivity index (χ1n) is 9.94. The molecule has 2 N–H and O–H groups in total. The summed E-state index contributed by atoms with van der Waals surface area (Å²) in [4.78, 5) is 25.2. The van der Waals surface area contributed by atoms with Gasteiger partial charge in [0.1, 0.15) is 17.8 Å². The number of fused-ring (bicyclic) bond motifs is 1. The van der Waals surface area contributed by atoms with E-state index in [9.17, 15) is 19.8 Å². The monoisotopic (exact) mass is 409 g/mol. The highest BCUT2D eigenvalue weighted by Crippen LogP contribution is 2.43. The molecule has 2 aliphatic rings. The molecule has 3 rings (SSSR count). The van der Waals surface area contributed by atoms with Crippen LogP contribution in [0.4, 0.5) is 4.79 Å². The van der Waals surface area contributed by atoms with Crippen LogP contribution in [0.25, 0.3) is 0 Å². The van der Waals surface area contributed by atoms with E-state index in [1.807, 2.05) is 34.6 Å². The Hall–Kier alpha value is -2.48. The Morgan fingerprint density at radius 1 is 1.21 bits per heavy atom. The van der Waals surface area contributed by atoms with E-state index in [-0.39, 0.29) is 29.6 Å². The van der Waals surface area contributed by atoms with E-state index in [4.69, 9.17) is 14.2 Å². The third-order valence-corrected chi connectivity index (χ3v) is 4.75. The predicted octanol–water partition coefficient (Wildman–Crippen LogP) is 3.44. The SMILES string of the molecule is CC.CC(C)(C)OC(=O)N1CCC2(CC1)COc1c(ccc(C(=O)O)c1CO)O2. The van der Waals surface area contributed by atoms with Gasteiger partial charge in [-0.15, -0.1) is 0 Å². The summed E-state index contributed by atoms with van der Waals surface area (Å²) in [5, 5.41) is 18.8. The molecule has 1 spiro atoms. The average molecular weight is 409 g/mol. The molecule has 0 atom stereocenters. The van der Waals surface area contributed by atoms with Crippen LogP contribution in [0.3, 0.4) is 0 Å². The third-order valence-electron chi connectivity index (χ3n) is 4.75. The number of hydrogen-bond acceptors (Lipinski definition) is 6. The molecule has 2 aliphatic heterocycles. The number of rotatable bonds is 2. The fourth-order valence-electron chi connectivity index (χ4n) is 3.34. The maximum absolute atomic E-state index is 12.2. The molecule has 0 aliphatic carbocycles. The van der Waals surface area contributed by atoms with Crippen molar-refractivity contribution in [3.63, 3.8) is 0 Å². The smallest absolute Gasteiger partial charge is 0.410 e. The van der Waals surface area contributed by atoms with Crippen LogP contribution < -0.4 is 9.47 Å². The number of aliphatic hydroxyl groups excluding tert-OH is 1. The van der Waals surface area contributed by atoms with E-state index in [0.717, 1.165) is 0 Å². The van der Waals surface area contributed by atoms with Crippen LogP contribution in [-0.4, -0.2) is 58.1 Å². The number of piperidine rings is 1. The summed E-state index contributed by atoms with van der Waals surface area (Å²) >= 11 is 0. The quantitative estimate of drug-likeness (QED) is 0.771. The number of amides is 1. The number of carbonyl (C=O) groups excluding carboxylic acids is 1. The van der Waals surface area contributed by atoms with Crippen molar-refractivity contribution in [3.8, 4) is 11.5 Å². The Morgan fingerprint density at radius 2 is 1.83 bits per heavy atom. The lowest BCUT2D eigenvalue weighted by Gasteiger charge is -2.44. The number of hydrogen-bond donors (Lipinski definition) is 2. The van der Waals surface area contributed by atoms with Gasteiger partial charge in [0, 0.05) is 31.5 Å². The summed E-state index contributed by atoms with van der Waals surface area (Å²) in [6, 6.07) is 2.96. The highest BCUT2D eigenvalue weighted by atomic mass is 16.6. The zero-order chi connectivity index (χ0) is 21.8. The summed E-state index contributed by atoms with van der Waals surface area (Å²) < 4.78 is 17.4. The highest BCUT2D eigenvalue weighted by molar-refractivity contribution is 5.90. The van der Waals surface area contributed by atoms with Crippen molar-refractivity contribution in [2.24, 2.45) is 0 Å². The maximum Gasteiger partial charge on any atom is 0.410 e. The molecule has 0 saturated carbocycles. The van der Waals surface area contributed by atoms with Gasteiger partial charge in [0.2, 0.25) is 0 Å². The molecule has 1 amide bonds. The fourth-order valence-corrected chi connectivity index (χ4v) is 3.34. The second-order valence-electron chi connectivity index (χ2n) is 7.92. The van der Waals surface area contributed by atoms with Crippen LogP contribution in [0.5, 0.6) is 11.5 Å². The van der Waals surface area contributed by atoms with Crippen molar-refractivity contribution >= 4 is 12.1 Å². The fraction of sp³-hybridized carbons (Fsp3) is 0.619. The van der Waals surface area contributed by atoms with Crippen LogP contribution in [0.1, 0.15) is 63.4 Å². The Labute approximate surface area is 171 Å². The molecule has 0 bridgehead atoms. The summed E-state index contributed by atoms with van der Waals surface area (Å²) in [6.45, 7) is 10.2. The molecule has 162 valence electrons. The van der Waals surface area contributed by atoms with Crippen LogP contribution in [0.2, 0.25) is 0 Å². The molecule has 8 nitrogen and oxygen atoms in total. The molecule has 1 aromatic carbocycles. The molecule has 29 heavy (non-hydrogen) atoms. The van der Waals surface area contributed by atoms with Crippen LogP contribution in [-0.2, 0) is 11.3 Å². The number of carbonyl (C=O) groups is 2. The van der Waals surface area contributed by atoms with Gasteiger partial charge in [0.05, 0.1) is 12.2 Å². The van der Waals surface area contributed by atoms with Crippen LogP contribution in [0, 0.1) is 0 Å². The molecule has 1 aromatic rings. The molecule has 1 saturated heterocycles. The summed E-state index contributed by atoms with van der Waals surface area (Å²) in [5.74, 6) is -0.435. The standard InChI is InChI=1S/C19H25NO7.C2H6/c1-18(2,3)27-17(24)20-8-6-19(7-9-20)11-25-15-13(10-21)12(16(22)23)4-5-14(15)26-19;1-2/h4-5,21H,6-11H2,1-3H3,(H,22,23);1-2H3. The number of nitrogens with zero attached hydrogens (tertiary/aromatic N) is 1. The van der Waals surface area contributed by atoms with E-state index in [1.54, 1.807) is 11.0 Å². The minimum atomic E-state index is -1.13. The Bertz CT molecular complexity index is 746. The number of carboxylic acid groups (broad SMARTS) is 1. The Kier molecular flexibility index (Phi) is 7.00. The van der Waals surface area contributed by atoms with Gasteiger partial charge in [-0.25, -0.2) is 9.59 Å². The van der Waals surface area contributed by atoms with E-state index >= 15 is 0 Å². The van der Waals surface area contributed by atoms with E-state index in [2.05, 4.69) is 0 Å². The van der Waals surface area contributed by atoms with Crippen molar-refractivity contribution in [2.75, 3.05) is 19.7 Å². The van der Waals surface area contributed by atoms with Gasteiger partial charge in [0.25, 0.3) is 0 Å². The summed E-state index contributed by atoms with van der Waals surface area (Å²) in [7, 11) is 0. The zero-order valence-corrected chi connectivity index (χ0v) is 17.8. The van der Waals surface area contributed by atoms with Gasteiger partial charge >= 0.3 is 12.1 Å². The normalized spacial score (nSPS) is 17.2. The summed E-state index contributed by atoms with van der Waals surface area (Å²) in [5.41, 5.74) is -0.919. The van der Waals surface area contributed by atoms with Crippen molar-refractivity contribution in [1.82, 2.24) is 4.90 Å². The highest BCUT2D eigenvalue weighted by Gasteiger charge is 2.43. The lowest BCUT2D eigenvalue weighted by atomic mass is 9.90. The number of benzene rings is 1. The van der Waals surface area contributed by atoms with Gasteiger partial charge < -0.3 is 29.3 Å². The van der Waals surface area contributed by atoms with Crippen molar-refractivity contribution < 1.29 is 34.0 Å². The second-order valence-corrected chi connectivity index (χ2v) is 7.92. The van der Waals surface area contributed by atoms with Gasteiger partial charge in [-0.3, -0.25) is 0 Å². The minimum Gasteiger partial charge on any atom is -0.485 e. The topological polar surface area (TPSA) is 106 Å². The van der Waals surface area contributed by atoms with E-state index in [1.165, 1.54) is 6.07 Å². The van der Waals surface area contributed by atoms with Crippen LogP contribution in [0.15, 0.2) is 12.1 Å². The van der Waals surface area contributed by atoms with Gasteiger partial charge in [-0.2, -0.15) is 0 Å². The number of aromatic carboxylic acids is 1. The van der Waals surface area contributed by atoms with Crippen molar-refractivity contribution in [3.05, 3.63) is 23.3 Å². The predicted molar refractivity (Wildman–Crippen MR) is 107 cm³/mol. The lowest BCUT2D eigenvalue weighted by Crippen LogP contribution is -2.54. The second kappa shape index (κ2) is 8.90. The Balaban J connectivity index is 0.00000145. The Morgan fingerprint density at radius 3 is 2.34 bits per heavy atom. The van der Waals surface area contributed by atoms with Gasteiger partial charge in [-0.05, 0) is 32.9 Å². The molecule has 2 heterocycles. The minimum absolute atomic E-state index is 0.00412. The largest absolute Gasteiger partial charge is 0.485 e. The first-order chi connectivity index (χ1) is 13.6. The van der Waals surface area contributed by atoms with Gasteiger partial charge in [-0.1, -0.05) is 13.8 Å². The van der Waals surface area contributed by atoms with Crippen molar-refractivity contribution in [1.29, 1.82) is 0 Å². The average Bonchev–Trinajstić information content (AvgIpc) is 2.67. The number of carboxylic acids is 1. The molecule has 0 radical (unpaired) electrons. The lowest BCUT2D eigenvalue weighted by molar-refractivity contribution is -0.0565. The molecule has 0 unspecified atom stereocenters. The molecular weight excluding hydrogens is 378 g/mol.